The van der Waals surface area contributed by atoms with Crippen LogP contribution in [0.1, 0.15) is 16.7 Å². The van der Waals surface area contributed by atoms with Crippen molar-refractivity contribution in [3.8, 4) is 0 Å². The third-order valence-corrected chi connectivity index (χ3v) is 2.54. The molecule has 0 aliphatic carbocycles. The summed E-state index contributed by atoms with van der Waals surface area (Å²) in [5.41, 5.74) is 9.56. The maximum Gasteiger partial charge on any atom is 0.0720 e. The van der Waals surface area contributed by atoms with Crippen molar-refractivity contribution in [2.24, 2.45) is 0 Å². The molecular formula is C13H13N3. The fourth-order valence-corrected chi connectivity index (χ4v) is 1.56. The molecule has 0 amide bonds. The summed E-state index contributed by atoms with van der Waals surface area (Å²) >= 11 is 0. The number of rotatable bonds is 2. The molecule has 0 fully saturated rings. The summed E-state index contributed by atoms with van der Waals surface area (Å²) in [4.78, 5) is 4.00. The van der Waals surface area contributed by atoms with E-state index < -0.39 is 0 Å². The average molecular weight is 211 g/mol. The summed E-state index contributed by atoms with van der Waals surface area (Å²) < 4.78 is 0. The molecule has 3 heteroatoms. The monoisotopic (exact) mass is 211 g/mol. The third kappa shape index (κ3) is 1.80. The Kier molecular flexibility index (Phi) is 2.68. The van der Waals surface area contributed by atoms with Gasteiger partial charge in [0.2, 0.25) is 0 Å². The maximum atomic E-state index is 8.09. The predicted molar refractivity (Wildman–Crippen MR) is 65.8 cm³/mol. The SMILES string of the molecule is Cc1cccc(C(=N)c2cccnc2)c1N. The lowest BCUT2D eigenvalue weighted by Crippen LogP contribution is -2.06. The van der Waals surface area contributed by atoms with Crippen molar-refractivity contribution < 1.29 is 0 Å². The highest BCUT2D eigenvalue weighted by Crippen LogP contribution is 2.19. The Balaban J connectivity index is 2.46. The minimum atomic E-state index is 0.411. The topological polar surface area (TPSA) is 62.8 Å². The molecule has 1 heterocycles. The summed E-state index contributed by atoms with van der Waals surface area (Å²) in [5.74, 6) is 0. The summed E-state index contributed by atoms with van der Waals surface area (Å²) in [7, 11) is 0. The van der Waals surface area contributed by atoms with Gasteiger partial charge in [-0.15, -0.1) is 0 Å². The molecule has 3 N–H and O–H groups in total. The number of hydrogen-bond donors (Lipinski definition) is 2. The van der Waals surface area contributed by atoms with E-state index in [0.29, 0.717) is 11.4 Å². The number of benzene rings is 1. The van der Waals surface area contributed by atoms with Crippen molar-refractivity contribution in [3.63, 3.8) is 0 Å². The van der Waals surface area contributed by atoms with Gasteiger partial charge in [0.15, 0.2) is 0 Å². The van der Waals surface area contributed by atoms with Crippen molar-refractivity contribution in [2.75, 3.05) is 5.73 Å². The highest BCUT2D eigenvalue weighted by atomic mass is 14.6. The fourth-order valence-electron chi connectivity index (χ4n) is 1.56. The number of aromatic nitrogens is 1. The molecule has 0 bridgehead atoms. The van der Waals surface area contributed by atoms with Gasteiger partial charge in [-0.2, -0.15) is 0 Å². The molecule has 0 saturated heterocycles. The highest BCUT2D eigenvalue weighted by Gasteiger charge is 2.09. The lowest BCUT2D eigenvalue weighted by atomic mass is 10.00. The number of nitrogens with zero attached hydrogens (tertiary/aromatic N) is 1. The van der Waals surface area contributed by atoms with E-state index in [4.69, 9.17) is 11.1 Å². The van der Waals surface area contributed by atoms with Crippen molar-refractivity contribution >= 4 is 11.4 Å². The van der Waals surface area contributed by atoms with E-state index in [1.54, 1.807) is 12.4 Å². The highest BCUT2D eigenvalue weighted by molar-refractivity contribution is 6.13. The standard InChI is InChI=1S/C13H13N3/c1-9-4-2-6-11(12(9)14)13(15)10-5-3-7-16-8-10/h2-8,15H,14H2,1H3. The van der Waals surface area contributed by atoms with Crippen LogP contribution in [0.3, 0.4) is 0 Å². The van der Waals surface area contributed by atoms with E-state index in [9.17, 15) is 0 Å². The first-order valence-corrected chi connectivity index (χ1v) is 5.04. The van der Waals surface area contributed by atoms with Crippen LogP contribution in [0.2, 0.25) is 0 Å². The number of pyridine rings is 1. The van der Waals surface area contributed by atoms with Gasteiger partial charge in [-0.05, 0) is 24.6 Å². The largest absolute Gasteiger partial charge is 0.398 e. The lowest BCUT2D eigenvalue weighted by Gasteiger charge is -2.09. The number of aryl methyl sites for hydroxylation is 1. The second-order valence-corrected chi connectivity index (χ2v) is 3.65. The van der Waals surface area contributed by atoms with Crippen LogP contribution in [0.5, 0.6) is 0 Å². The smallest absolute Gasteiger partial charge is 0.0720 e. The van der Waals surface area contributed by atoms with E-state index in [-0.39, 0.29) is 0 Å². The van der Waals surface area contributed by atoms with E-state index in [0.717, 1.165) is 16.7 Å². The molecule has 0 saturated carbocycles. The molecule has 0 spiro atoms. The number of anilines is 1. The number of nitrogens with two attached hydrogens (primary N) is 1. The Hall–Kier alpha value is -2.16. The zero-order valence-electron chi connectivity index (χ0n) is 9.07. The normalized spacial score (nSPS) is 10.1. The van der Waals surface area contributed by atoms with Crippen molar-refractivity contribution in [1.82, 2.24) is 4.98 Å². The van der Waals surface area contributed by atoms with E-state index in [1.165, 1.54) is 0 Å². The zero-order valence-corrected chi connectivity index (χ0v) is 9.07. The van der Waals surface area contributed by atoms with Gasteiger partial charge in [0.1, 0.15) is 0 Å². The maximum absolute atomic E-state index is 8.09. The van der Waals surface area contributed by atoms with Crippen LogP contribution in [0.15, 0.2) is 42.7 Å². The van der Waals surface area contributed by atoms with Gasteiger partial charge in [0, 0.05) is 29.2 Å². The Morgan fingerprint density at radius 3 is 2.75 bits per heavy atom. The lowest BCUT2D eigenvalue weighted by molar-refractivity contribution is 1.30. The molecule has 1 aromatic heterocycles. The fraction of sp³-hybridized carbons (Fsp3) is 0.0769. The van der Waals surface area contributed by atoms with Crippen molar-refractivity contribution in [1.29, 1.82) is 5.41 Å². The first-order valence-electron chi connectivity index (χ1n) is 5.04. The van der Waals surface area contributed by atoms with Crippen LogP contribution in [-0.2, 0) is 0 Å². The Morgan fingerprint density at radius 1 is 1.25 bits per heavy atom. The average Bonchev–Trinajstić information content (AvgIpc) is 2.33. The summed E-state index contributed by atoms with van der Waals surface area (Å²) in [6.07, 6.45) is 3.36. The summed E-state index contributed by atoms with van der Waals surface area (Å²) in [5, 5.41) is 8.09. The molecule has 0 aliphatic rings. The van der Waals surface area contributed by atoms with Crippen LogP contribution in [0.25, 0.3) is 0 Å². The molecule has 0 aliphatic heterocycles. The van der Waals surface area contributed by atoms with Gasteiger partial charge < -0.3 is 5.73 Å². The molecular weight excluding hydrogens is 198 g/mol. The van der Waals surface area contributed by atoms with E-state index in [2.05, 4.69) is 4.98 Å². The van der Waals surface area contributed by atoms with Gasteiger partial charge in [0.05, 0.1) is 5.71 Å². The first-order chi connectivity index (χ1) is 7.70. The second kappa shape index (κ2) is 4.14. The molecule has 2 aromatic rings. The van der Waals surface area contributed by atoms with Gasteiger partial charge in [-0.1, -0.05) is 18.2 Å². The molecule has 16 heavy (non-hydrogen) atoms. The van der Waals surface area contributed by atoms with Crippen LogP contribution < -0.4 is 5.73 Å². The quantitative estimate of drug-likeness (QED) is 0.591. The predicted octanol–water partition coefficient (Wildman–Crippen LogP) is 2.39. The van der Waals surface area contributed by atoms with Crippen LogP contribution >= 0.6 is 0 Å². The molecule has 0 unspecified atom stereocenters. The van der Waals surface area contributed by atoms with E-state index in [1.807, 2.05) is 37.3 Å². The van der Waals surface area contributed by atoms with E-state index >= 15 is 0 Å². The van der Waals surface area contributed by atoms with Crippen molar-refractivity contribution in [2.45, 2.75) is 6.92 Å². The molecule has 0 radical (unpaired) electrons. The summed E-state index contributed by atoms with van der Waals surface area (Å²) in [6, 6.07) is 9.38. The zero-order chi connectivity index (χ0) is 11.5. The molecule has 2 rings (SSSR count). The van der Waals surface area contributed by atoms with Gasteiger partial charge in [0.25, 0.3) is 0 Å². The number of para-hydroxylation sites is 1. The van der Waals surface area contributed by atoms with Gasteiger partial charge in [-0.25, -0.2) is 0 Å². The van der Waals surface area contributed by atoms with Crippen LogP contribution in [-0.4, -0.2) is 10.7 Å². The minimum Gasteiger partial charge on any atom is -0.398 e. The molecule has 0 atom stereocenters. The molecule has 3 nitrogen and oxygen atoms in total. The number of nitrogens with one attached hydrogen (secondary N) is 1. The minimum absolute atomic E-state index is 0.411. The summed E-state index contributed by atoms with van der Waals surface area (Å²) in [6.45, 7) is 1.94. The van der Waals surface area contributed by atoms with Crippen LogP contribution in [0, 0.1) is 12.3 Å². The third-order valence-electron chi connectivity index (χ3n) is 2.54. The van der Waals surface area contributed by atoms with Gasteiger partial charge >= 0.3 is 0 Å². The molecule has 80 valence electrons. The Labute approximate surface area is 94.5 Å². The number of nitrogen functional groups attached to an aromatic ring is 1. The van der Waals surface area contributed by atoms with Gasteiger partial charge in [-0.3, -0.25) is 10.4 Å². The van der Waals surface area contributed by atoms with Crippen molar-refractivity contribution in [3.05, 3.63) is 59.4 Å². The Bertz CT molecular complexity index is 518. The Morgan fingerprint density at radius 2 is 2.06 bits per heavy atom. The number of hydrogen-bond acceptors (Lipinski definition) is 3. The first kappa shape index (κ1) is 10.4. The van der Waals surface area contributed by atoms with Crippen LogP contribution in [0.4, 0.5) is 5.69 Å². The molecule has 1 aromatic carbocycles. The second-order valence-electron chi connectivity index (χ2n) is 3.65.